The lowest BCUT2D eigenvalue weighted by molar-refractivity contribution is -0.174. The molecule has 6 nitrogen and oxygen atoms in total. The normalized spacial score (nSPS) is 11.5. The molecular formula is C14H14F3N3O3. The van der Waals surface area contributed by atoms with E-state index in [0.717, 1.165) is 0 Å². The first kappa shape index (κ1) is 16.9. The Balaban J connectivity index is 1.87. The highest BCUT2D eigenvalue weighted by atomic mass is 19.4. The van der Waals surface area contributed by atoms with Crippen molar-refractivity contribution in [1.29, 1.82) is 0 Å². The van der Waals surface area contributed by atoms with Crippen LogP contribution in [0.2, 0.25) is 0 Å². The largest absolute Gasteiger partial charge is 0.421 e. The van der Waals surface area contributed by atoms with E-state index in [-0.39, 0.29) is 13.0 Å². The van der Waals surface area contributed by atoms with Gasteiger partial charge in [0, 0.05) is 18.2 Å². The monoisotopic (exact) mass is 329 g/mol. The fourth-order valence-electron chi connectivity index (χ4n) is 1.72. The second-order valence-electron chi connectivity index (χ2n) is 4.67. The number of carbonyl (C=O) groups excluding carboxylic acids is 1. The van der Waals surface area contributed by atoms with Crippen LogP contribution in [0.15, 0.2) is 28.7 Å². The zero-order valence-corrected chi connectivity index (χ0v) is 12.2. The molecule has 0 atom stereocenters. The van der Waals surface area contributed by atoms with Gasteiger partial charge >= 0.3 is 6.18 Å². The number of hydrogen-bond acceptors (Lipinski definition) is 5. The number of nitrogens with zero attached hydrogens (tertiary/aromatic N) is 2. The van der Waals surface area contributed by atoms with Crippen LogP contribution >= 0.6 is 0 Å². The van der Waals surface area contributed by atoms with Crippen LogP contribution in [0.25, 0.3) is 11.5 Å². The van der Waals surface area contributed by atoms with Gasteiger partial charge in [-0.3, -0.25) is 4.79 Å². The Hall–Kier alpha value is -2.42. The summed E-state index contributed by atoms with van der Waals surface area (Å²) in [6.07, 6.45) is -4.58. The third-order valence-corrected chi connectivity index (χ3v) is 2.66. The lowest BCUT2D eigenvalue weighted by Crippen LogP contribution is -2.20. The summed E-state index contributed by atoms with van der Waals surface area (Å²) in [5.74, 6) is 0.273. The van der Waals surface area contributed by atoms with E-state index >= 15 is 0 Å². The number of alkyl halides is 3. The maximum atomic E-state index is 11.9. The van der Waals surface area contributed by atoms with E-state index in [9.17, 15) is 18.0 Å². The van der Waals surface area contributed by atoms with Crippen LogP contribution in [0, 0.1) is 6.92 Å². The minimum Gasteiger partial charge on any atom is -0.421 e. The maximum Gasteiger partial charge on any atom is 0.411 e. The summed E-state index contributed by atoms with van der Waals surface area (Å²) in [6.45, 7) is -0.0246. The summed E-state index contributed by atoms with van der Waals surface area (Å²) in [5, 5.41) is 10.1. The van der Waals surface area contributed by atoms with Crippen LogP contribution in [0.5, 0.6) is 0 Å². The van der Waals surface area contributed by atoms with Gasteiger partial charge in [0.15, 0.2) is 0 Å². The molecule has 0 saturated heterocycles. The summed E-state index contributed by atoms with van der Waals surface area (Å²) in [7, 11) is 0. The molecule has 0 aliphatic carbocycles. The third-order valence-electron chi connectivity index (χ3n) is 2.66. The van der Waals surface area contributed by atoms with Gasteiger partial charge < -0.3 is 14.5 Å². The number of amides is 1. The molecule has 0 fully saturated rings. The van der Waals surface area contributed by atoms with Crippen molar-refractivity contribution in [3.8, 4) is 11.5 Å². The summed E-state index contributed by atoms with van der Waals surface area (Å²) in [5.41, 5.74) is 1.09. The van der Waals surface area contributed by atoms with Gasteiger partial charge in [0.1, 0.15) is 6.61 Å². The molecule has 1 N–H and O–H groups in total. The quantitative estimate of drug-likeness (QED) is 0.825. The molecule has 23 heavy (non-hydrogen) atoms. The number of anilines is 1. The van der Waals surface area contributed by atoms with Crippen molar-refractivity contribution in [2.45, 2.75) is 19.5 Å². The predicted octanol–water partition coefficient (Wildman–Crippen LogP) is 2.95. The van der Waals surface area contributed by atoms with Crippen LogP contribution < -0.4 is 5.32 Å². The number of ether oxygens (including phenoxy) is 1. The minimum atomic E-state index is -4.40. The average Bonchev–Trinajstić information content (AvgIpc) is 2.90. The average molecular weight is 329 g/mol. The Labute approximate surface area is 129 Å². The van der Waals surface area contributed by atoms with Crippen LogP contribution in [-0.4, -0.2) is 35.5 Å². The number of rotatable bonds is 6. The van der Waals surface area contributed by atoms with Crippen molar-refractivity contribution in [2.24, 2.45) is 0 Å². The summed E-state index contributed by atoms with van der Waals surface area (Å²) in [4.78, 5) is 11.7. The third kappa shape index (κ3) is 5.70. The van der Waals surface area contributed by atoms with Gasteiger partial charge in [-0.25, -0.2) is 0 Å². The molecule has 0 saturated carbocycles. The fraction of sp³-hybridized carbons (Fsp3) is 0.357. The number of aromatic nitrogens is 2. The SMILES string of the molecule is Cc1nnc(-c2cccc(NC(=O)CCOCC(F)(F)F)c2)o1. The van der Waals surface area contributed by atoms with E-state index in [1.807, 2.05) is 0 Å². The van der Waals surface area contributed by atoms with Crippen molar-refractivity contribution in [3.63, 3.8) is 0 Å². The predicted molar refractivity (Wildman–Crippen MR) is 74.6 cm³/mol. The number of aryl methyl sites for hydroxylation is 1. The first-order chi connectivity index (χ1) is 10.8. The fourth-order valence-corrected chi connectivity index (χ4v) is 1.72. The van der Waals surface area contributed by atoms with Gasteiger partial charge in [0.25, 0.3) is 0 Å². The number of carbonyl (C=O) groups is 1. The number of hydrogen-bond donors (Lipinski definition) is 1. The highest BCUT2D eigenvalue weighted by molar-refractivity contribution is 5.91. The van der Waals surface area contributed by atoms with E-state index in [2.05, 4.69) is 20.3 Å². The van der Waals surface area contributed by atoms with Crippen LogP contribution in [0.3, 0.4) is 0 Å². The summed E-state index contributed by atoms with van der Waals surface area (Å²) < 4.78 is 45.3. The zero-order valence-electron chi connectivity index (χ0n) is 12.2. The Morgan fingerprint density at radius 1 is 1.35 bits per heavy atom. The molecule has 2 aromatic rings. The van der Waals surface area contributed by atoms with Gasteiger partial charge in [0.05, 0.1) is 13.0 Å². The Bertz CT molecular complexity index is 671. The second kappa shape index (κ2) is 7.23. The van der Waals surface area contributed by atoms with Gasteiger partial charge in [-0.05, 0) is 18.2 Å². The Morgan fingerprint density at radius 2 is 2.13 bits per heavy atom. The second-order valence-corrected chi connectivity index (χ2v) is 4.67. The number of nitrogens with one attached hydrogen (secondary N) is 1. The molecule has 1 aromatic carbocycles. The van der Waals surface area contributed by atoms with E-state index in [1.54, 1.807) is 31.2 Å². The Kier molecular flexibility index (Phi) is 5.32. The molecular weight excluding hydrogens is 315 g/mol. The number of halogens is 3. The lowest BCUT2D eigenvalue weighted by atomic mass is 10.2. The van der Waals surface area contributed by atoms with Crippen molar-refractivity contribution in [2.75, 3.05) is 18.5 Å². The smallest absolute Gasteiger partial charge is 0.411 e. The molecule has 0 aliphatic rings. The van der Waals surface area contributed by atoms with E-state index in [1.165, 1.54) is 0 Å². The van der Waals surface area contributed by atoms with Gasteiger partial charge in [0.2, 0.25) is 17.7 Å². The highest BCUT2D eigenvalue weighted by Crippen LogP contribution is 2.21. The molecule has 2 rings (SSSR count). The van der Waals surface area contributed by atoms with Gasteiger partial charge in [-0.2, -0.15) is 13.2 Å². The molecule has 0 radical (unpaired) electrons. The van der Waals surface area contributed by atoms with Gasteiger partial charge in [-0.15, -0.1) is 10.2 Å². The van der Waals surface area contributed by atoms with E-state index in [4.69, 9.17) is 4.42 Å². The van der Waals surface area contributed by atoms with E-state index in [0.29, 0.717) is 23.0 Å². The molecule has 0 bridgehead atoms. The van der Waals surface area contributed by atoms with Gasteiger partial charge in [-0.1, -0.05) is 6.07 Å². The van der Waals surface area contributed by atoms with Crippen molar-refractivity contribution in [3.05, 3.63) is 30.2 Å². The van der Waals surface area contributed by atoms with Crippen LogP contribution in [0.1, 0.15) is 12.3 Å². The van der Waals surface area contributed by atoms with Crippen LogP contribution in [-0.2, 0) is 9.53 Å². The molecule has 0 unspecified atom stereocenters. The minimum absolute atomic E-state index is 0.181. The first-order valence-corrected chi connectivity index (χ1v) is 6.68. The van der Waals surface area contributed by atoms with Crippen molar-refractivity contribution < 1.29 is 27.1 Å². The molecule has 0 aliphatic heterocycles. The molecule has 1 aromatic heterocycles. The molecule has 0 spiro atoms. The summed E-state index contributed by atoms with van der Waals surface area (Å²) in [6, 6.07) is 6.68. The Morgan fingerprint density at radius 3 is 2.78 bits per heavy atom. The molecule has 9 heteroatoms. The van der Waals surface area contributed by atoms with Crippen molar-refractivity contribution >= 4 is 11.6 Å². The summed E-state index contributed by atoms with van der Waals surface area (Å²) >= 11 is 0. The first-order valence-electron chi connectivity index (χ1n) is 6.68. The zero-order chi connectivity index (χ0) is 16.9. The maximum absolute atomic E-state index is 11.9. The number of benzene rings is 1. The highest BCUT2D eigenvalue weighted by Gasteiger charge is 2.27. The standard InChI is InChI=1S/C14H14F3N3O3/c1-9-19-20-13(23-9)10-3-2-4-11(7-10)18-12(21)5-6-22-8-14(15,16)17/h2-4,7H,5-6,8H2,1H3,(H,18,21). The lowest BCUT2D eigenvalue weighted by Gasteiger charge is -2.08. The molecule has 1 amide bonds. The topological polar surface area (TPSA) is 77.2 Å². The van der Waals surface area contributed by atoms with Crippen LogP contribution in [0.4, 0.5) is 18.9 Å². The van der Waals surface area contributed by atoms with Crippen molar-refractivity contribution in [1.82, 2.24) is 10.2 Å². The molecule has 1 heterocycles. The van der Waals surface area contributed by atoms with E-state index < -0.39 is 18.7 Å². The molecule has 124 valence electrons.